The second kappa shape index (κ2) is 3.33. The molecule has 0 aliphatic heterocycles. The van der Waals surface area contributed by atoms with Crippen molar-refractivity contribution in [3.05, 3.63) is 0 Å². The average Bonchev–Trinajstić information content (AvgIpc) is 1.83. The number of hydrogen-bond acceptors (Lipinski definition) is 1. The van der Waals surface area contributed by atoms with Crippen molar-refractivity contribution in [1.29, 1.82) is 0 Å². The summed E-state index contributed by atoms with van der Waals surface area (Å²) in [7, 11) is 0. The SMILES string of the molecule is CC(C)(O)CC1(F)CCCCC1. The highest BCUT2D eigenvalue weighted by molar-refractivity contribution is 4.88. The molecule has 0 unspecified atom stereocenters. The lowest BCUT2D eigenvalue weighted by Crippen LogP contribution is -2.35. The second-order valence-corrected chi connectivity index (χ2v) is 4.70. The summed E-state index contributed by atoms with van der Waals surface area (Å²) >= 11 is 0. The van der Waals surface area contributed by atoms with Crippen LogP contribution in [-0.4, -0.2) is 16.4 Å². The van der Waals surface area contributed by atoms with Crippen LogP contribution < -0.4 is 0 Å². The predicted molar refractivity (Wildman–Crippen MR) is 47.8 cm³/mol. The number of halogens is 1. The maximum atomic E-state index is 13.9. The summed E-state index contributed by atoms with van der Waals surface area (Å²) < 4.78 is 13.9. The summed E-state index contributed by atoms with van der Waals surface area (Å²) in [6, 6.07) is 0. The van der Waals surface area contributed by atoms with Crippen LogP contribution in [-0.2, 0) is 0 Å². The molecule has 0 aromatic carbocycles. The molecule has 1 nitrogen and oxygen atoms in total. The maximum absolute atomic E-state index is 13.9. The van der Waals surface area contributed by atoms with Gasteiger partial charge in [-0.15, -0.1) is 0 Å². The van der Waals surface area contributed by atoms with E-state index in [-0.39, 0.29) is 0 Å². The lowest BCUT2D eigenvalue weighted by molar-refractivity contribution is -0.0144. The van der Waals surface area contributed by atoms with Gasteiger partial charge in [-0.3, -0.25) is 0 Å². The van der Waals surface area contributed by atoms with Crippen LogP contribution >= 0.6 is 0 Å². The third-order valence-electron chi connectivity index (χ3n) is 2.50. The summed E-state index contributed by atoms with van der Waals surface area (Å²) in [5, 5.41) is 9.50. The van der Waals surface area contributed by atoms with Gasteiger partial charge >= 0.3 is 0 Å². The van der Waals surface area contributed by atoms with E-state index in [0.29, 0.717) is 19.3 Å². The highest BCUT2D eigenvalue weighted by atomic mass is 19.1. The van der Waals surface area contributed by atoms with Crippen LogP contribution in [0.4, 0.5) is 4.39 Å². The van der Waals surface area contributed by atoms with Crippen molar-refractivity contribution in [2.45, 2.75) is 63.6 Å². The Hall–Kier alpha value is -0.110. The zero-order valence-corrected chi connectivity index (χ0v) is 8.07. The lowest BCUT2D eigenvalue weighted by Gasteiger charge is -2.34. The van der Waals surface area contributed by atoms with E-state index in [2.05, 4.69) is 0 Å². The zero-order chi connectivity index (χ0) is 9.24. The Balaban J connectivity index is 2.47. The topological polar surface area (TPSA) is 20.2 Å². The van der Waals surface area contributed by atoms with Gasteiger partial charge in [-0.25, -0.2) is 4.39 Å². The van der Waals surface area contributed by atoms with Gasteiger partial charge in [0, 0.05) is 6.42 Å². The Morgan fingerprint density at radius 3 is 2.17 bits per heavy atom. The van der Waals surface area contributed by atoms with Gasteiger partial charge < -0.3 is 5.11 Å². The van der Waals surface area contributed by atoms with Gasteiger partial charge in [-0.2, -0.15) is 0 Å². The minimum Gasteiger partial charge on any atom is -0.390 e. The van der Waals surface area contributed by atoms with E-state index < -0.39 is 11.3 Å². The molecule has 1 aliphatic carbocycles. The molecule has 0 atom stereocenters. The molecule has 0 amide bonds. The predicted octanol–water partition coefficient (Wildman–Crippen LogP) is 2.82. The second-order valence-electron chi connectivity index (χ2n) is 4.70. The number of aliphatic hydroxyl groups is 1. The van der Waals surface area contributed by atoms with Gasteiger partial charge in [0.25, 0.3) is 0 Å². The van der Waals surface area contributed by atoms with Crippen LogP contribution in [0.5, 0.6) is 0 Å². The first-order chi connectivity index (χ1) is 5.41. The molecule has 1 aliphatic rings. The van der Waals surface area contributed by atoms with Crippen LogP contribution in [0.2, 0.25) is 0 Å². The Bertz CT molecular complexity index is 142. The minimum absolute atomic E-state index is 0.292. The largest absolute Gasteiger partial charge is 0.390 e. The molecule has 1 fully saturated rings. The molecule has 1 saturated carbocycles. The van der Waals surface area contributed by atoms with Gasteiger partial charge in [0.1, 0.15) is 5.67 Å². The van der Waals surface area contributed by atoms with Crippen molar-refractivity contribution in [2.24, 2.45) is 0 Å². The summed E-state index contributed by atoms with van der Waals surface area (Å²) in [6.07, 6.45) is 4.67. The highest BCUT2D eigenvalue weighted by Crippen LogP contribution is 2.37. The molecule has 0 saturated heterocycles. The van der Waals surface area contributed by atoms with Gasteiger partial charge in [0.2, 0.25) is 0 Å². The quantitative estimate of drug-likeness (QED) is 0.682. The fourth-order valence-electron chi connectivity index (χ4n) is 2.14. The zero-order valence-electron chi connectivity index (χ0n) is 8.07. The molecule has 0 aromatic heterocycles. The molecule has 1 N–H and O–H groups in total. The number of hydrogen-bond donors (Lipinski definition) is 1. The molecular formula is C10H19FO. The third kappa shape index (κ3) is 3.10. The van der Waals surface area contributed by atoms with Crippen LogP contribution in [0.3, 0.4) is 0 Å². The van der Waals surface area contributed by atoms with Crippen molar-refractivity contribution >= 4 is 0 Å². The first kappa shape index (κ1) is 9.97. The van der Waals surface area contributed by atoms with E-state index in [1.807, 2.05) is 0 Å². The Labute approximate surface area is 74.0 Å². The molecule has 0 radical (unpaired) electrons. The molecule has 0 heterocycles. The van der Waals surface area contributed by atoms with Gasteiger partial charge in [0.15, 0.2) is 0 Å². The third-order valence-corrected chi connectivity index (χ3v) is 2.50. The van der Waals surface area contributed by atoms with Crippen molar-refractivity contribution < 1.29 is 9.50 Å². The van der Waals surface area contributed by atoms with Gasteiger partial charge in [-0.1, -0.05) is 19.3 Å². The normalized spacial score (nSPS) is 24.0. The van der Waals surface area contributed by atoms with Crippen LogP contribution in [0.15, 0.2) is 0 Å². The summed E-state index contributed by atoms with van der Waals surface area (Å²) in [5.41, 5.74) is -1.94. The molecule has 0 aromatic rings. The fraction of sp³-hybridized carbons (Fsp3) is 1.00. The van der Waals surface area contributed by atoms with E-state index in [4.69, 9.17) is 0 Å². The Morgan fingerprint density at radius 2 is 1.75 bits per heavy atom. The maximum Gasteiger partial charge on any atom is 0.113 e. The van der Waals surface area contributed by atoms with Gasteiger partial charge in [-0.05, 0) is 26.7 Å². The molecular weight excluding hydrogens is 155 g/mol. The van der Waals surface area contributed by atoms with Crippen molar-refractivity contribution in [3.63, 3.8) is 0 Å². The standard InChI is InChI=1S/C10H19FO/c1-9(2,12)8-10(11)6-4-3-5-7-10/h12H,3-8H2,1-2H3. The summed E-state index contributed by atoms with van der Waals surface area (Å²) in [4.78, 5) is 0. The van der Waals surface area contributed by atoms with Crippen LogP contribution in [0.1, 0.15) is 52.4 Å². The lowest BCUT2D eigenvalue weighted by atomic mass is 9.79. The molecule has 1 rings (SSSR count). The van der Waals surface area contributed by atoms with E-state index in [9.17, 15) is 9.50 Å². The van der Waals surface area contributed by atoms with Crippen LogP contribution in [0, 0.1) is 0 Å². The molecule has 72 valence electrons. The Kier molecular flexibility index (Phi) is 2.77. The monoisotopic (exact) mass is 174 g/mol. The molecule has 0 bridgehead atoms. The minimum atomic E-state index is -1.09. The van der Waals surface area contributed by atoms with Gasteiger partial charge in [0.05, 0.1) is 5.60 Å². The average molecular weight is 174 g/mol. The number of alkyl halides is 1. The van der Waals surface area contributed by atoms with Crippen molar-refractivity contribution in [3.8, 4) is 0 Å². The Morgan fingerprint density at radius 1 is 1.25 bits per heavy atom. The van der Waals surface area contributed by atoms with Crippen molar-refractivity contribution in [1.82, 2.24) is 0 Å². The first-order valence-electron chi connectivity index (χ1n) is 4.83. The highest BCUT2D eigenvalue weighted by Gasteiger charge is 2.36. The first-order valence-corrected chi connectivity index (χ1v) is 4.83. The fourth-order valence-corrected chi connectivity index (χ4v) is 2.14. The van der Waals surface area contributed by atoms with Crippen LogP contribution in [0.25, 0.3) is 0 Å². The van der Waals surface area contributed by atoms with E-state index >= 15 is 0 Å². The summed E-state index contributed by atoms with van der Waals surface area (Å²) in [6.45, 7) is 3.37. The van der Waals surface area contributed by atoms with E-state index in [0.717, 1.165) is 19.3 Å². The number of rotatable bonds is 2. The molecule has 12 heavy (non-hydrogen) atoms. The van der Waals surface area contributed by atoms with E-state index in [1.165, 1.54) is 0 Å². The smallest absolute Gasteiger partial charge is 0.113 e. The molecule has 0 spiro atoms. The van der Waals surface area contributed by atoms with E-state index in [1.54, 1.807) is 13.8 Å². The summed E-state index contributed by atoms with van der Waals surface area (Å²) in [5.74, 6) is 0. The molecule has 2 heteroatoms. The van der Waals surface area contributed by atoms with Crippen molar-refractivity contribution in [2.75, 3.05) is 0 Å².